The van der Waals surface area contributed by atoms with Gasteiger partial charge in [-0.1, -0.05) is 24.3 Å². The molecule has 2 aromatic heterocycles. The van der Waals surface area contributed by atoms with Crippen molar-refractivity contribution in [2.24, 2.45) is 24.9 Å². The third-order valence-electron chi connectivity index (χ3n) is 19.5. The van der Waals surface area contributed by atoms with E-state index in [1.54, 1.807) is 74.8 Å². The first-order valence-corrected chi connectivity index (χ1v) is 28.0. The highest BCUT2D eigenvalue weighted by molar-refractivity contribution is 6.11. The zero-order chi connectivity index (χ0) is 57.5. The summed E-state index contributed by atoms with van der Waals surface area (Å²) in [6, 6.07) is 18.9. The Morgan fingerprint density at radius 2 is 0.939 bits per heavy atom. The fourth-order valence-electron chi connectivity index (χ4n) is 13.5. The Labute approximate surface area is 468 Å². The summed E-state index contributed by atoms with van der Waals surface area (Å²) in [6.07, 6.45) is -2.56. The molecule has 6 aliphatic heterocycles. The Bertz CT molecular complexity index is 3280. The van der Waals surface area contributed by atoms with Crippen LogP contribution in [0.1, 0.15) is 154 Å². The molecule has 0 N–H and O–H groups in total. The van der Waals surface area contributed by atoms with Crippen LogP contribution in [0.4, 0.5) is 46.5 Å². The summed E-state index contributed by atoms with van der Waals surface area (Å²) in [7, 11) is 3.32. The van der Waals surface area contributed by atoms with Gasteiger partial charge in [-0.2, -0.15) is 26.3 Å². The van der Waals surface area contributed by atoms with Gasteiger partial charge in [-0.05, 0) is 158 Å². The van der Waals surface area contributed by atoms with Crippen molar-refractivity contribution < 1.29 is 54.2 Å². The van der Waals surface area contributed by atoms with Crippen LogP contribution in [-0.2, 0) is 59.8 Å². The van der Waals surface area contributed by atoms with Gasteiger partial charge < -0.3 is 28.4 Å². The van der Waals surface area contributed by atoms with Gasteiger partial charge in [0.2, 0.25) is 0 Å². The first kappa shape index (κ1) is 54.6. The average Bonchev–Trinajstić information content (AvgIpc) is 4.00. The molecule has 6 fully saturated rings. The van der Waals surface area contributed by atoms with Gasteiger partial charge in [0.05, 0.1) is 61.5 Å². The Morgan fingerprint density at radius 3 is 1.24 bits per heavy atom. The predicted octanol–water partition coefficient (Wildman–Crippen LogP) is 11.0. The van der Waals surface area contributed by atoms with Crippen molar-refractivity contribution in [3.63, 3.8) is 0 Å². The zero-order valence-corrected chi connectivity index (χ0v) is 45.8. The molecule has 8 aliphatic rings. The van der Waals surface area contributed by atoms with E-state index in [0.29, 0.717) is 44.5 Å². The maximum absolute atomic E-state index is 15.9. The van der Waals surface area contributed by atoms with E-state index in [-0.39, 0.29) is 85.5 Å². The minimum atomic E-state index is -4.61. The van der Waals surface area contributed by atoms with Gasteiger partial charge in [0, 0.05) is 61.8 Å². The van der Waals surface area contributed by atoms with Crippen molar-refractivity contribution in [2.75, 3.05) is 62.4 Å². The Balaban J connectivity index is 0.000000154. The number of benzene rings is 4. The van der Waals surface area contributed by atoms with Crippen LogP contribution >= 0.6 is 0 Å². The van der Waals surface area contributed by atoms with E-state index in [1.807, 2.05) is 13.8 Å². The number of ether oxygens (including phenoxy) is 2. The van der Waals surface area contributed by atoms with Gasteiger partial charge in [0.1, 0.15) is 12.7 Å². The molecule has 0 bridgehead atoms. The standard InChI is InChI=1S/2C30H31F4N5O2/c2*1-18(38-9-8-28(14-38)6-7-28)19-10-22-23(24(11-19)30(32,33)34)13-39(27(22)40)21-5-3-4-20(12-21)29(15-41-16-29)25(31)26-36-35-17-37(26)2/h2*3-5,10-12,17-18,25H,6-9,13-16H2,1-2H3/t18-,25+;18-,25-/m01/s1. The van der Waals surface area contributed by atoms with Crippen molar-refractivity contribution in [3.8, 4) is 0 Å². The zero-order valence-electron chi connectivity index (χ0n) is 45.8. The second kappa shape index (κ2) is 19.5. The van der Waals surface area contributed by atoms with E-state index in [0.717, 1.165) is 39.0 Å². The number of hydrogen-bond donors (Lipinski definition) is 0. The molecule has 14 nitrogen and oxygen atoms in total. The van der Waals surface area contributed by atoms with E-state index >= 15 is 8.78 Å². The fraction of sp³-hybridized carbons (Fsp3) is 0.500. The molecular weight excluding hydrogens is 1080 g/mol. The van der Waals surface area contributed by atoms with Crippen molar-refractivity contribution >= 4 is 23.2 Å². The summed E-state index contributed by atoms with van der Waals surface area (Å²) >= 11 is 0. The molecule has 14 rings (SSSR count). The number of aromatic nitrogens is 6. The highest BCUT2D eigenvalue weighted by Crippen LogP contribution is 2.56. The summed E-state index contributed by atoms with van der Waals surface area (Å²) in [5.74, 6) is -0.655. The van der Waals surface area contributed by atoms with Gasteiger partial charge in [-0.15, -0.1) is 20.4 Å². The molecular formula is C60H62F8N10O4. The SMILES string of the molecule is C[C@@H](c1cc2c(c(C(F)(F)F)c1)CN(c1cccc(C3([C@H](F)c4nncn4C)COC3)c1)C2=O)N1CCC2(CC2)C1.C[C@H](c1cc2c(c(C(F)(F)F)c1)CN(c1cccc(C3([C@H](F)c4nncn4C)COC3)c1)C2=O)N1CCC2(CC2)C1. The van der Waals surface area contributed by atoms with Crippen molar-refractivity contribution in [1.82, 2.24) is 39.3 Å². The number of rotatable bonds is 12. The van der Waals surface area contributed by atoms with Crippen molar-refractivity contribution in [2.45, 2.75) is 113 Å². The number of anilines is 2. The van der Waals surface area contributed by atoms with Crippen LogP contribution in [0.3, 0.4) is 0 Å². The molecule has 2 aliphatic carbocycles. The molecule has 4 atom stereocenters. The van der Waals surface area contributed by atoms with E-state index < -0.39 is 58.5 Å². The number of likely N-dealkylation sites (tertiary alicyclic amines) is 2. The number of carbonyl (C=O) groups is 2. The molecule has 6 aromatic rings. The molecule has 4 aromatic carbocycles. The molecule has 0 radical (unpaired) electrons. The Hall–Kier alpha value is -6.62. The monoisotopic (exact) mass is 1140 g/mol. The van der Waals surface area contributed by atoms with Gasteiger partial charge in [0.25, 0.3) is 11.8 Å². The Kier molecular flexibility index (Phi) is 13.0. The maximum Gasteiger partial charge on any atom is 0.416 e. The van der Waals surface area contributed by atoms with E-state index in [9.17, 15) is 35.9 Å². The molecule has 0 unspecified atom stereocenters. The first-order valence-electron chi connectivity index (χ1n) is 28.0. The van der Waals surface area contributed by atoms with Crippen LogP contribution < -0.4 is 9.80 Å². The van der Waals surface area contributed by atoms with Crippen LogP contribution in [-0.4, -0.2) is 104 Å². The molecule has 82 heavy (non-hydrogen) atoms. The number of alkyl halides is 8. The van der Waals surface area contributed by atoms with Crippen LogP contribution in [0.2, 0.25) is 0 Å². The largest absolute Gasteiger partial charge is 0.416 e. The minimum Gasteiger partial charge on any atom is -0.379 e. The van der Waals surface area contributed by atoms with Gasteiger partial charge in [0.15, 0.2) is 24.0 Å². The molecule has 2 saturated carbocycles. The highest BCUT2D eigenvalue weighted by Gasteiger charge is 2.54. The second-order valence-electron chi connectivity index (χ2n) is 24.5. The lowest BCUT2D eigenvalue weighted by Gasteiger charge is -2.43. The lowest BCUT2D eigenvalue weighted by molar-refractivity contribution is -0.139. The van der Waals surface area contributed by atoms with Crippen molar-refractivity contribution in [3.05, 3.63) is 153 Å². The number of fused-ring (bicyclic) bond motifs is 2. The van der Waals surface area contributed by atoms with Crippen molar-refractivity contribution in [1.29, 1.82) is 0 Å². The minimum absolute atomic E-state index is 0.0203. The van der Waals surface area contributed by atoms with E-state index in [2.05, 4.69) is 30.2 Å². The number of carbonyl (C=O) groups excluding carboxylic acids is 2. The van der Waals surface area contributed by atoms with Crippen LogP contribution in [0.5, 0.6) is 0 Å². The third-order valence-corrected chi connectivity index (χ3v) is 19.5. The van der Waals surface area contributed by atoms with Crippen LogP contribution in [0.15, 0.2) is 85.5 Å². The summed E-state index contributed by atoms with van der Waals surface area (Å²) in [5, 5.41) is 15.4. The molecule has 2 spiro atoms. The van der Waals surface area contributed by atoms with E-state index in [1.165, 1.54) is 69.4 Å². The summed E-state index contributed by atoms with van der Waals surface area (Å²) in [4.78, 5) is 34.6. The first-order chi connectivity index (χ1) is 39.0. The number of aryl methyl sites for hydroxylation is 2. The number of nitrogens with zero attached hydrogens (tertiary/aromatic N) is 10. The molecule has 432 valence electrons. The summed E-state index contributed by atoms with van der Waals surface area (Å²) < 4.78 is 132. The van der Waals surface area contributed by atoms with Gasteiger partial charge in [-0.25, -0.2) is 8.78 Å². The smallest absolute Gasteiger partial charge is 0.379 e. The van der Waals surface area contributed by atoms with E-state index in [4.69, 9.17) is 9.47 Å². The number of hydrogen-bond acceptors (Lipinski definition) is 10. The maximum atomic E-state index is 15.9. The Morgan fingerprint density at radius 1 is 0.549 bits per heavy atom. The lowest BCUT2D eigenvalue weighted by atomic mass is 9.74. The topological polar surface area (TPSA) is 127 Å². The molecule has 8 heterocycles. The fourth-order valence-corrected chi connectivity index (χ4v) is 13.5. The summed E-state index contributed by atoms with van der Waals surface area (Å²) in [6.45, 7) is 7.33. The van der Waals surface area contributed by atoms with Crippen LogP contribution in [0, 0.1) is 10.8 Å². The molecule has 2 amide bonds. The third kappa shape index (κ3) is 9.11. The average molecular weight is 1140 g/mol. The second-order valence-corrected chi connectivity index (χ2v) is 24.5. The number of amides is 2. The highest BCUT2D eigenvalue weighted by atomic mass is 19.4. The summed E-state index contributed by atoms with van der Waals surface area (Å²) in [5.41, 5.74) is 0.209. The lowest BCUT2D eigenvalue weighted by Crippen LogP contribution is -2.50. The van der Waals surface area contributed by atoms with Gasteiger partial charge in [-0.3, -0.25) is 19.4 Å². The van der Waals surface area contributed by atoms with Gasteiger partial charge >= 0.3 is 12.4 Å². The number of halogens is 8. The molecule has 22 heteroatoms. The normalized spacial score (nSPS) is 22.6. The van der Waals surface area contributed by atoms with Crippen LogP contribution in [0.25, 0.3) is 0 Å². The molecule has 4 saturated heterocycles. The predicted molar refractivity (Wildman–Crippen MR) is 284 cm³/mol. The quantitative estimate of drug-likeness (QED) is 0.109.